The van der Waals surface area contributed by atoms with Gasteiger partial charge >= 0.3 is 12.3 Å². The van der Waals surface area contributed by atoms with E-state index in [0.29, 0.717) is 0 Å². The van der Waals surface area contributed by atoms with Crippen molar-refractivity contribution in [3.05, 3.63) is 23.3 Å². The lowest BCUT2D eigenvalue weighted by Crippen LogP contribution is -2.40. The standard InChI is InChI=1S/C13H16F3N3O2/c1-12(2,3)21-11(20)19-5-4-8-9(6-19)17-7-18-10(8)13(14,15)16/h7H,4-6H2,1-3H3. The number of carbonyl (C=O) groups is 1. The maximum atomic E-state index is 12.9. The number of alkyl halides is 3. The third-order valence-corrected chi connectivity index (χ3v) is 2.93. The predicted molar refractivity (Wildman–Crippen MR) is 67.4 cm³/mol. The van der Waals surface area contributed by atoms with Crippen LogP contribution in [0.5, 0.6) is 0 Å². The van der Waals surface area contributed by atoms with Crippen LogP contribution in [0, 0.1) is 0 Å². The Labute approximate surface area is 120 Å². The van der Waals surface area contributed by atoms with E-state index in [1.807, 2.05) is 0 Å². The van der Waals surface area contributed by atoms with Crippen molar-refractivity contribution in [2.45, 2.75) is 45.5 Å². The van der Waals surface area contributed by atoms with Gasteiger partial charge in [-0.1, -0.05) is 0 Å². The number of ether oxygens (including phenoxy) is 1. The van der Waals surface area contributed by atoms with Gasteiger partial charge in [0.15, 0.2) is 5.69 Å². The molecule has 0 spiro atoms. The molecular weight excluding hydrogens is 287 g/mol. The van der Waals surface area contributed by atoms with Gasteiger partial charge < -0.3 is 9.64 Å². The summed E-state index contributed by atoms with van der Waals surface area (Å²) in [5.41, 5.74) is -1.30. The average molecular weight is 303 g/mol. The molecule has 1 aromatic heterocycles. The summed E-state index contributed by atoms with van der Waals surface area (Å²) in [6.07, 6.45) is -4.13. The van der Waals surface area contributed by atoms with Gasteiger partial charge in [0.25, 0.3) is 0 Å². The van der Waals surface area contributed by atoms with Crippen molar-refractivity contribution in [3.8, 4) is 0 Å². The summed E-state index contributed by atoms with van der Waals surface area (Å²) in [4.78, 5) is 20.5. The summed E-state index contributed by atoms with van der Waals surface area (Å²) in [5.74, 6) is 0. The first-order chi connectivity index (χ1) is 9.58. The molecule has 1 aromatic rings. The monoisotopic (exact) mass is 303 g/mol. The quantitative estimate of drug-likeness (QED) is 0.739. The van der Waals surface area contributed by atoms with Crippen LogP contribution in [0.15, 0.2) is 6.33 Å². The highest BCUT2D eigenvalue weighted by Gasteiger charge is 2.38. The SMILES string of the molecule is CC(C)(C)OC(=O)N1CCc2c(ncnc2C(F)(F)F)C1. The van der Waals surface area contributed by atoms with Gasteiger partial charge in [0.1, 0.15) is 11.9 Å². The number of carbonyl (C=O) groups excluding carboxylic acids is 1. The first-order valence-corrected chi connectivity index (χ1v) is 6.46. The Kier molecular flexibility index (Phi) is 3.81. The van der Waals surface area contributed by atoms with Crippen LogP contribution in [0.25, 0.3) is 0 Å². The molecule has 0 aromatic carbocycles. The highest BCUT2D eigenvalue weighted by molar-refractivity contribution is 5.68. The molecule has 21 heavy (non-hydrogen) atoms. The molecule has 1 aliphatic rings. The largest absolute Gasteiger partial charge is 0.444 e. The van der Waals surface area contributed by atoms with Gasteiger partial charge in [-0.2, -0.15) is 13.2 Å². The minimum absolute atomic E-state index is 0.00412. The van der Waals surface area contributed by atoms with Crippen molar-refractivity contribution in [2.75, 3.05) is 6.54 Å². The van der Waals surface area contributed by atoms with Gasteiger partial charge in [-0.3, -0.25) is 0 Å². The fourth-order valence-corrected chi connectivity index (χ4v) is 2.08. The Bertz CT molecular complexity index is 553. The number of nitrogens with zero attached hydrogens (tertiary/aromatic N) is 3. The zero-order valence-corrected chi connectivity index (χ0v) is 12.0. The van der Waals surface area contributed by atoms with E-state index >= 15 is 0 Å². The lowest BCUT2D eigenvalue weighted by Gasteiger charge is -2.31. The molecule has 2 rings (SSSR count). The zero-order chi connectivity index (χ0) is 15.8. The van der Waals surface area contributed by atoms with Gasteiger partial charge in [0.2, 0.25) is 0 Å². The van der Waals surface area contributed by atoms with E-state index in [-0.39, 0.29) is 30.8 Å². The van der Waals surface area contributed by atoms with Crippen molar-refractivity contribution >= 4 is 6.09 Å². The third kappa shape index (κ3) is 3.62. The summed E-state index contributed by atoms with van der Waals surface area (Å²) in [7, 11) is 0. The highest BCUT2D eigenvalue weighted by Crippen LogP contribution is 2.33. The number of amides is 1. The molecule has 1 aliphatic heterocycles. The van der Waals surface area contributed by atoms with Gasteiger partial charge in [-0.15, -0.1) is 0 Å². The molecule has 0 aliphatic carbocycles. The number of aromatic nitrogens is 2. The summed E-state index contributed by atoms with van der Waals surface area (Å²) in [5, 5.41) is 0. The van der Waals surface area contributed by atoms with E-state index < -0.39 is 23.6 Å². The molecule has 2 heterocycles. The first-order valence-electron chi connectivity index (χ1n) is 6.46. The van der Waals surface area contributed by atoms with Gasteiger partial charge in [0.05, 0.1) is 12.2 Å². The molecule has 1 amide bonds. The molecule has 0 radical (unpaired) electrons. The van der Waals surface area contributed by atoms with Crippen LogP contribution in [0.3, 0.4) is 0 Å². The number of fused-ring (bicyclic) bond motifs is 1. The Morgan fingerprint density at radius 2 is 1.95 bits per heavy atom. The van der Waals surface area contributed by atoms with E-state index in [4.69, 9.17) is 4.74 Å². The normalized spacial score (nSPS) is 15.6. The van der Waals surface area contributed by atoms with Crippen LogP contribution in [0.1, 0.15) is 37.7 Å². The van der Waals surface area contributed by atoms with Crippen LogP contribution < -0.4 is 0 Å². The van der Waals surface area contributed by atoms with Gasteiger partial charge in [-0.25, -0.2) is 14.8 Å². The van der Waals surface area contributed by atoms with Gasteiger partial charge in [0, 0.05) is 12.1 Å². The molecule has 5 nitrogen and oxygen atoms in total. The molecule has 0 N–H and O–H groups in total. The molecule has 0 fully saturated rings. The minimum atomic E-state index is -4.51. The van der Waals surface area contributed by atoms with Crippen molar-refractivity contribution in [3.63, 3.8) is 0 Å². The molecule has 0 saturated heterocycles. The molecule has 0 atom stereocenters. The van der Waals surface area contributed by atoms with Crippen molar-refractivity contribution in [2.24, 2.45) is 0 Å². The lowest BCUT2D eigenvalue weighted by atomic mass is 10.0. The Morgan fingerprint density at radius 1 is 1.29 bits per heavy atom. The molecule has 116 valence electrons. The van der Waals surface area contributed by atoms with E-state index in [9.17, 15) is 18.0 Å². The van der Waals surface area contributed by atoms with E-state index in [1.54, 1.807) is 20.8 Å². The Balaban J connectivity index is 2.21. The van der Waals surface area contributed by atoms with E-state index in [2.05, 4.69) is 9.97 Å². The van der Waals surface area contributed by atoms with Gasteiger partial charge in [-0.05, 0) is 27.2 Å². The van der Waals surface area contributed by atoms with Crippen LogP contribution in [0.4, 0.5) is 18.0 Å². The topological polar surface area (TPSA) is 55.3 Å². The highest BCUT2D eigenvalue weighted by atomic mass is 19.4. The van der Waals surface area contributed by atoms with E-state index in [1.165, 1.54) is 4.90 Å². The lowest BCUT2D eigenvalue weighted by molar-refractivity contribution is -0.142. The maximum Gasteiger partial charge on any atom is 0.433 e. The summed E-state index contributed by atoms with van der Waals surface area (Å²) in [6, 6.07) is 0. The number of rotatable bonds is 0. The van der Waals surface area contributed by atoms with Crippen LogP contribution in [-0.4, -0.2) is 33.1 Å². The third-order valence-electron chi connectivity index (χ3n) is 2.93. The number of hydrogen-bond donors (Lipinski definition) is 0. The summed E-state index contributed by atoms with van der Waals surface area (Å²) in [6.45, 7) is 5.33. The molecule has 0 bridgehead atoms. The molecule has 0 saturated carbocycles. The van der Waals surface area contributed by atoms with Crippen molar-refractivity contribution in [1.82, 2.24) is 14.9 Å². The predicted octanol–water partition coefficient (Wildman–Crippen LogP) is 2.79. The number of halogens is 3. The smallest absolute Gasteiger partial charge is 0.433 e. The van der Waals surface area contributed by atoms with Crippen LogP contribution >= 0.6 is 0 Å². The van der Waals surface area contributed by atoms with Crippen molar-refractivity contribution in [1.29, 1.82) is 0 Å². The minimum Gasteiger partial charge on any atom is -0.444 e. The molecule has 8 heteroatoms. The Morgan fingerprint density at radius 3 is 2.52 bits per heavy atom. The summed E-state index contributed by atoms with van der Waals surface area (Å²) < 4.78 is 43.8. The van der Waals surface area contributed by atoms with Crippen molar-refractivity contribution < 1.29 is 22.7 Å². The fourth-order valence-electron chi connectivity index (χ4n) is 2.08. The second kappa shape index (κ2) is 5.16. The fraction of sp³-hybridized carbons (Fsp3) is 0.615. The van der Waals surface area contributed by atoms with Crippen LogP contribution in [-0.2, 0) is 23.9 Å². The Hall–Kier alpha value is -1.86. The maximum absolute atomic E-state index is 12.9. The van der Waals surface area contributed by atoms with E-state index in [0.717, 1.165) is 6.33 Å². The second-order valence-corrected chi connectivity index (χ2v) is 5.80. The first kappa shape index (κ1) is 15.5. The second-order valence-electron chi connectivity index (χ2n) is 5.80. The molecular formula is C13H16F3N3O2. The average Bonchev–Trinajstić information content (AvgIpc) is 2.34. The number of hydrogen-bond acceptors (Lipinski definition) is 4. The van der Waals surface area contributed by atoms with Crippen LogP contribution in [0.2, 0.25) is 0 Å². The zero-order valence-electron chi connectivity index (χ0n) is 12.0. The summed E-state index contributed by atoms with van der Waals surface area (Å²) >= 11 is 0. The molecule has 0 unspecified atom stereocenters.